The molecule has 0 fully saturated rings. The topological polar surface area (TPSA) is 48.3 Å². The van der Waals surface area contributed by atoms with Crippen LogP contribution in [0, 0.1) is 0 Å². The van der Waals surface area contributed by atoms with Crippen LogP contribution in [-0.2, 0) is 4.74 Å². The highest BCUT2D eigenvalue weighted by atomic mass is 16.5. The summed E-state index contributed by atoms with van der Waals surface area (Å²) in [5.74, 6) is 0.832. The van der Waals surface area contributed by atoms with E-state index >= 15 is 0 Å². The molecule has 19 heavy (non-hydrogen) atoms. The minimum atomic E-state index is 0.320. The number of ether oxygens (including phenoxy) is 2. The van der Waals surface area contributed by atoms with Gasteiger partial charge in [-0.15, -0.1) is 0 Å². The Labute approximate surface area is 116 Å². The third kappa shape index (κ3) is 7.18. The molecule has 0 aliphatic rings. The number of nitrogens with one attached hydrogen (secondary N) is 1. The van der Waals surface area contributed by atoms with Crippen molar-refractivity contribution in [2.75, 3.05) is 26.3 Å². The maximum absolute atomic E-state index is 5.60. The molecule has 0 radical (unpaired) electrons. The average Bonchev–Trinajstić information content (AvgIpc) is 2.81. The second-order valence-corrected chi connectivity index (χ2v) is 5.12. The van der Waals surface area contributed by atoms with Gasteiger partial charge in [-0.05, 0) is 40.7 Å². The second-order valence-electron chi connectivity index (χ2n) is 5.12. The first-order valence-corrected chi connectivity index (χ1v) is 7.09. The number of hydrogen-bond acceptors (Lipinski definition) is 4. The Morgan fingerprint density at radius 3 is 2.63 bits per heavy atom. The van der Waals surface area contributed by atoms with Gasteiger partial charge in [-0.3, -0.25) is 4.68 Å². The van der Waals surface area contributed by atoms with Crippen LogP contribution in [0.1, 0.15) is 40.2 Å². The Morgan fingerprint density at radius 1 is 1.21 bits per heavy atom. The molecule has 5 heteroatoms. The van der Waals surface area contributed by atoms with Crippen molar-refractivity contribution in [3.05, 3.63) is 12.4 Å². The highest BCUT2D eigenvalue weighted by Crippen LogP contribution is 2.11. The fraction of sp³-hybridized carbons (Fsp3) is 0.786. The van der Waals surface area contributed by atoms with E-state index in [1.807, 2.05) is 10.9 Å². The normalized spacial score (nSPS) is 11.5. The van der Waals surface area contributed by atoms with Gasteiger partial charge in [-0.1, -0.05) is 0 Å². The van der Waals surface area contributed by atoms with Gasteiger partial charge >= 0.3 is 0 Å². The van der Waals surface area contributed by atoms with Gasteiger partial charge in [0.25, 0.3) is 0 Å². The van der Waals surface area contributed by atoms with Crippen molar-refractivity contribution < 1.29 is 9.47 Å². The van der Waals surface area contributed by atoms with Crippen LogP contribution >= 0.6 is 0 Å². The predicted octanol–water partition coefficient (Wildman–Crippen LogP) is 2.25. The second kappa shape index (κ2) is 8.93. The van der Waals surface area contributed by atoms with Gasteiger partial charge in [0.15, 0.2) is 5.75 Å². The molecule has 0 saturated heterocycles. The van der Waals surface area contributed by atoms with Crippen molar-refractivity contribution in [2.45, 2.75) is 46.3 Å². The molecule has 1 rings (SSSR count). The largest absolute Gasteiger partial charge is 0.489 e. The van der Waals surface area contributed by atoms with E-state index in [0.29, 0.717) is 18.8 Å². The van der Waals surface area contributed by atoms with Gasteiger partial charge in [0, 0.05) is 19.2 Å². The lowest BCUT2D eigenvalue weighted by atomic mass is 10.4. The van der Waals surface area contributed by atoms with Crippen LogP contribution in [0.3, 0.4) is 0 Å². The summed E-state index contributed by atoms with van der Waals surface area (Å²) in [6.07, 6.45) is 5.04. The summed E-state index contributed by atoms with van der Waals surface area (Å²) in [4.78, 5) is 0. The molecule has 0 atom stereocenters. The molecule has 1 aromatic rings. The minimum absolute atomic E-state index is 0.320. The average molecular weight is 269 g/mol. The van der Waals surface area contributed by atoms with Crippen molar-refractivity contribution >= 4 is 0 Å². The third-order valence-corrected chi connectivity index (χ3v) is 2.60. The Kier molecular flexibility index (Phi) is 7.52. The smallest absolute Gasteiger partial charge is 0.157 e. The van der Waals surface area contributed by atoms with E-state index < -0.39 is 0 Å². The first-order chi connectivity index (χ1) is 9.09. The zero-order chi connectivity index (χ0) is 14.1. The van der Waals surface area contributed by atoms with Crippen LogP contribution < -0.4 is 10.1 Å². The van der Waals surface area contributed by atoms with Crippen LogP contribution in [0.15, 0.2) is 12.4 Å². The van der Waals surface area contributed by atoms with Gasteiger partial charge in [0.2, 0.25) is 0 Å². The summed E-state index contributed by atoms with van der Waals surface area (Å²) in [6.45, 7) is 11.6. The summed E-state index contributed by atoms with van der Waals surface area (Å²) < 4.78 is 13.0. The Bertz CT molecular complexity index is 337. The van der Waals surface area contributed by atoms with Gasteiger partial charge in [0.05, 0.1) is 18.5 Å². The van der Waals surface area contributed by atoms with E-state index in [1.54, 1.807) is 6.20 Å². The molecular formula is C14H27N3O2. The summed E-state index contributed by atoms with van der Waals surface area (Å²) in [5.41, 5.74) is 0. The Hall–Kier alpha value is -1.07. The Balaban J connectivity index is 1.98. The predicted molar refractivity (Wildman–Crippen MR) is 76.7 cm³/mol. The van der Waals surface area contributed by atoms with Gasteiger partial charge in [-0.25, -0.2) is 0 Å². The molecular weight excluding hydrogens is 242 g/mol. The molecule has 110 valence electrons. The third-order valence-electron chi connectivity index (χ3n) is 2.60. The van der Waals surface area contributed by atoms with E-state index in [9.17, 15) is 0 Å². The van der Waals surface area contributed by atoms with Crippen molar-refractivity contribution in [1.29, 1.82) is 0 Å². The minimum Gasteiger partial charge on any atom is -0.489 e. The van der Waals surface area contributed by atoms with E-state index in [2.05, 4.69) is 38.1 Å². The molecule has 0 bridgehead atoms. The maximum atomic E-state index is 5.60. The highest BCUT2D eigenvalue weighted by Gasteiger charge is 2.01. The zero-order valence-electron chi connectivity index (χ0n) is 12.6. The van der Waals surface area contributed by atoms with Crippen LogP contribution in [0.25, 0.3) is 0 Å². The number of rotatable bonds is 10. The fourth-order valence-electron chi connectivity index (χ4n) is 1.56. The maximum Gasteiger partial charge on any atom is 0.157 e. The van der Waals surface area contributed by atoms with Crippen molar-refractivity contribution in [3.63, 3.8) is 0 Å². The number of hydrogen-bond donors (Lipinski definition) is 1. The van der Waals surface area contributed by atoms with Crippen molar-refractivity contribution in [3.8, 4) is 5.75 Å². The lowest BCUT2D eigenvalue weighted by molar-refractivity contribution is 0.0770. The molecule has 0 spiro atoms. The fourth-order valence-corrected chi connectivity index (χ4v) is 1.56. The molecule has 0 unspecified atom stereocenters. The van der Waals surface area contributed by atoms with E-state index in [0.717, 1.165) is 31.9 Å². The molecule has 5 nitrogen and oxygen atoms in total. The quantitative estimate of drug-likeness (QED) is 0.662. The number of aromatic nitrogens is 2. The van der Waals surface area contributed by atoms with Gasteiger partial charge in [0.1, 0.15) is 6.61 Å². The summed E-state index contributed by atoms with van der Waals surface area (Å²) >= 11 is 0. The molecule has 1 N–H and O–H groups in total. The SMILES string of the molecule is CC(C)OCCCNCCOc1cnn(C(C)C)c1. The first kappa shape index (κ1) is 16.0. The van der Waals surface area contributed by atoms with Gasteiger partial charge < -0.3 is 14.8 Å². The summed E-state index contributed by atoms with van der Waals surface area (Å²) in [7, 11) is 0. The Morgan fingerprint density at radius 2 is 2.00 bits per heavy atom. The van der Waals surface area contributed by atoms with E-state index in [-0.39, 0.29) is 0 Å². The van der Waals surface area contributed by atoms with Crippen LogP contribution in [-0.4, -0.2) is 42.2 Å². The van der Waals surface area contributed by atoms with Crippen molar-refractivity contribution in [2.24, 2.45) is 0 Å². The molecule has 0 saturated carbocycles. The lowest BCUT2D eigenvalue weighted by Crippen LogP contribution is -2.23. The van der Waals surface area contributed by atoms with Crippen LogP contribution in [0.4, 0.5) is 0 Å². The summed E-state index contributed by atoms with van der Waals surface area (Å²) in [5, 5.41) is 7.55. The van der Waals surface area contributed by atoms with Crippen LogP contribution in [0.5, 0.6) is 5.75 Å². The van der Waals surface area contributed by atoms with Crippen LogP contribution in [0.2, 0.25) is 0 Å². The lowest BCUT2D eigenvalue weighted by Gasteiger charge is -2.08. The highest BCUT2D eigenvalue weighted by molar-refractivity contribution is 5.11. The molecule has 1 aromatic heterocycles. The molecule has 1 heterocycles. The zero-order valence-corrected chi connectivity index (χ0v) is 12.6. The van der Waals surface area contributed by atoms with E-state index in [4.69, 9.17) is 9.47 Å². The van der Waals surface area contributed by atoms with Crippen molar-refractivity contribution in [1.82, 2.24) is 15.1 Å². The standard InChI is InChI=1S/C14H27N3O2/c1-12(2)17-11-14(10-16-17)19-9-7-15-6-5-8-18-13(3)4/h10-13,15H,5-9H2,1-4H3. The molecule has 0 aliphatic carbocycles. The molecule has 0 aromatic carbocycles. The molecule has 0 aliphatic heterocycles. The van der Waals surface area contributed by atoms with E-state index in [1.165, 1.54) is 0 Å². The molecule has 0 amide bonds. The summed E-state index contributed by atoms with van der Waals surface area (Å²) in [6, 6.07) is 0.372. The van der Waals surface area contributed by atoms with Gasteiger partial charge in [-0.2, -0.15) is 5.10 Å². The first-order valence-electron chi connectivity index (χ1n) is 7.09. The monoisotopic (exact) mass is 269 g/mol. The number of nitrogens with zero attached hydrogens (tertiary/aromatic N) is 2.